The van der Waals surface area contributed by atoms with E-state index < -0.39 is 24.3 Å². The molecule has 0 spiro atoms. The van der Waals surface area contributed by atoms with Crippen molar-refractivity contribution in [2.75, 3.05) is 17.7 Å². The van der Waals surface area contributed by atoms with Gasteiger partial charge < -0.3 is 15.5 Å². The standard InChI is InChI=1S/C16H21N5O3S2/c1-10(18)12(7-17)13(22)8-24-14(23)9-25-16-21-20-15(26-16)19-11-5-3-2-4-6-11/h11-12,18H,2-6,8-9H2,1H3,(H,19,20). The number of aromatic nitrogens is 2. The first-order chi connectivity index (χ1) is 12.5. The van der Waals surface area contributed by atoms with Crippen LogP contribution in [-0.2, 0) is 14.3 Å². The van der Waals surface area contributed by atoms with Crippen LogP contribution in [-0.4, -0.2) is 46.1 Å². The molecular formula is C16H21N5O3S2. The molecule has 1 saturated carbocycles. The van der Waals surface area contributed by atoms with Crippen LogP contribution >= 0.6 is 23.1 Å². The number of esters is 1. The Hall–Kier alpha value is -1.99. The number of carbonyl (C=O) groups excluding carboxylic acids is 2. The second-order valence-corrected chi connectivity index (χ2v) is 8.21. The Morgan fingerprint density at radius 3 is 2.81 bits per heavy atom. The maximum absolute atomic E-state index is 11.7. The van der Waals surface area contributed by atoms with Gasteiger partial charge in [0.2, 0.25) is 5.13 Å². The third-order valence-corrected chi connectivity index (χ3v) is 5.87. The molecule has 1 aliphatic rings. The summed E-state index contributed by atoms with van der Waals surface area (Å²) in [6.45, 7) is 0.871. The number of hydrogen-bond donors (Lipinski definition) is 2. The van der Waals surface area contributed by atoms with Gasteiger partial charge in [0.05, 0.1) is 11.8 Å². The van der Waals surface area contributed by atoms with Crippen LogP contribution in [0.25, 0.3) is 0 Å². The first-order valence-electron chi connectivity index (χ1n) is 8.35. The van der Waals surface area contributed by atoms with E-state index in [-0.39, 0.29) is 11.5 Å². The van der Waals surface area contributed by atoms with Crippen LogP contribution in [0.4, 0.5) is 5.13 Å². The normalized spacial score (nSPS) is 15.7. The van der Waals surface area contributed by atoms with E-state index in [1.54, 1.807) is 6.07 Å². The highest BCUT2D eigenvalue weighted by Crippen LogP contribution is 2.28. The van der Waals surface area contributed by atoms with Crippen molar-refractivity contribution < 1.29 is 14.3 Å². The van der Waals surface area contributed by atoms with Crippen molar-refractivity contribution >= 4 is 45.7 Å². The van der Waals surface area contributed by atoms with Gasteiger partial charge in [-0.05, 0) is 19.8 Å². The predicted octanol–water partition coefficient (Wildman–Crippen LogP) is 2.67. The van der Waals surface area contributed by atoms with Crippen molar-refractivity contribution in [3.8, 4) is 6.07 Å². The lowest BCUT2D eigenvalue weighted by atomic mass is 9.96. The average molecular weight is 396 g/mol. The average Bonchev–Trinajstić information content (AvgIpc) is 3.06. The predicted molar refractivity (Wildman–Crippen MR) is 99.6 cm³/mol. The number of nitriles is 1. The molecule has 0 radical (unpaired) electrons. The molecule has 1 atom stereocenters. The lowest BCUT2D eigenvalue weighted by molar-refractivity contribution is -0.145. The first-order valence-corrected chi connectivity index (χ1v) is 10.2. The van der Waals surface area contributed by atoms with E-state index in [1.807, 2.05) is 0 Å². The number of carbonyl (C=O) groups is 2. The SMILES string of the molecule is CC(=N)C(C#N)C(=O)COC(=O)CSc1nnc(NC2CCCCC2)s1. The fourth-order valence-electron chi connectivity index (χ4n) is 2.56. The number of anilines is 1. The summed E-state index contributed by atoms with van der Waals surface area (Å²) in [4.78, 5) is 23.4. The molecule has 1 aliphatic carbocycles. The van der Waals surface area contributed by atoms with Gasteiger partial charge in [0.25, 0.3) is 0 Å². The molecule has 26 heavy (non-hydrogen) atoms. The molecule has 0 bridgehead atoms. The van der Waals surface area contributed by atoms with Crippen LogP contribution in [0.1, 0.15) is 39.0 Å². The number of ketones is 1. The Bertz CT molecular complexity index is 694. The minimum Gasteiger partial charge on any atom is -0.457 e. The maximum Gasteiger partial charge on any atom is 0.316 e. The molecule has 2 N–H and O–H groups in total. The molecular weight excluding hydrogens is 374 g/mol. The quantitative estimate of drug-likeness (QED) is 0.371. The van der Waals surface area contributed by atoms with Crippen molar-refractivity contribution in [1.82, 2.24) is 10.2 Å². The molecule has 10 heteroatoms. The Balaban J connectivity index is 1.71. The lowest BCUT2D eigenvalue weighted by Gasteiger charge is -2.21. The molecule has 1 fully saturated rings. The van der Waals surface area contributed by atoms with E-state index in [4.69, 9.17) is 15.4 Å². The molecule has 1 aromatic rings. The highest BCUT2D eigenvalue weighted by atomic mass is 32.2. The summed E-state index contributed by atoms with van der Waals surface area (Å²) in [5, 5.41) is 28.4. The fourth-order valence-corrected chi connectivity index (χ4v) is 4.18. The number of thioether (sulfide) groups is 1. The van der Waals surface area contributed by atoms with Crippen LogP contribution < -0.4 is 5.32 Å². The zero-order valence-corrected chi connectivity index (χ0v) is 16.1. The number of nitrogens with zero attached hydrogens (tertiary/aromatic N) is 3. The molecule has 0 aliphatic heterocycles. The zero-order valence-electron chi connectivity index (χ0n) is 14.5. The monoisotopic (exact) mass is 395 g/mol. The molecule has 0 amide bonds. The van der Waals surface area contributed by atoms with Crippen LogP contribution in [0.15, 0.2) is 4.34 Å². The third kappa shape index (κ3) is 6.38. The molecule has 0 saturated heterocycles. The van der Waals surface area contributed by atoms with Crippen molar-refractivity contribution in [2.45, 2.75) is 49.4 Å². The van der Waals surface area contributed by atoms with Gasteiger partial charge in [0.15, 0.2) is 16.7 Å². The summed E-state index contributed by atoms with van der Waals surface area (Å²) in [5.74, 6) is -2.31. The summed E-state index contributed by atoms with van der Waals surface area (Å²) in [5.41, 5.74) is -0.0604. The summed E-state index contributed by atoms with van der Waals surface area (Å²) < 4.78 is 5.52. The van der Waals surface area contributed by atoms with Gasteiger partial charge >= 0.3 is 5.97 Å². The summed E-state index contributed by atoms with van der Waals surface area (Å²) in [6.07, 6.45) is 6.02. The van der Waals surface area contributed by atoms with E-state index in [0.29, 0.717) is 10.4 Å². The van der Waals surface area contributed by atoms with E-state index in [9.17, 15) is 9.59 Å². The molecule has 140 valence electrons. The van der Waals surface area contributed by atoms with E-state index >= 15 is 0 Å². The molecule has 1 aromatic heterocycles. The van der Waals surface area contributed by atoms with Gasteiger partial charge in [-0.2, -0.15) is 5.26 Å². The summed E-state index contributed by atoms with van der Waals surface area (Å²) in [7, 11) is 0. The largest absolute Gasteiger partial charge is 0.457 e. The minimum absolute atomic E-state index is 0.00608. The third-order valence-electron chi connectivity index (χ3n) is 3.91. The Morgan fingerprint density at radius 1 is 1.42 bits per heavy atom. The van der Waals surface area contributed by atoms with Gasteiger partial charge in [-0.1, -0.05) is 42.4 Å². The molecule has 0 aromatic carbocycles. The minimum atomic E-state index is -1.16. The summed E-state index contributed by atoms with van der Waals surface area (Å²) >= 11 is 2.58. The Labute approximate surface area is 160 Å². The van der Waals surface area contributed by atoms with E-state index in [0.717, 1.165) is 18.0 Å². The summed E-state index contributed by atoms with van der Waals surface area (Å²) in [6, 6.07) is 2.17. The number of Topliss-reactive ketones (excluding diaryl/α,β-unsaturated/α-hetero) is 1. The smallest absolute Gasteiger partial charge is 0.316 e. The number of ether oxygens (including phenoxy) is 1. The van der Waals surface area contributed by atoms with Crippen molar-refractivity contribution in [3.63, 3.8) is 0 Å². The van der Waals surface area contributed by atoms with E-state index in [2.05, 4.69) is 15.5 Å². The highest BCUT2D eigenvalue weighted by molar-refractivity contribution is 8.01. The molecule has 2 rings (SSSR count). The second-order valence-electron chi connectivity index (χ2n) is 6.01. The topological polar surface area (TPSA) is 129 Å². The van der Waals surface area contributed by atoms with Gasteiger partial charge in [0.1, 0.15) is 5.92 Å². The molecule has 1 unspecified atom stereocenters. The lowest BCUT2D eigenvalue weighted by Crippen LogP contribution is -2.26. The van der Waals surface area contributed by atoms with Crippen LogP contribution in [0.3, 0.4) is 0 Å². The van der Waals surface area contributed by atoms with Crippen LogP contribution in [0.5, 0.6) is 0 Å². The fraction of sp³-hybridized carbons (Fsp3) is 0.625. The van der Waals surface area contributed by atoms with Gasteiger partial charge in [0, 0.05) is 11.8 Å². The van der Waals surface area contributed by atoms with Gasteiger partial charge in [-0.15, -0.1) is 10.2 Å². The Kier molecular flexibility index (Phi) is 8.00. The number of rotatable bonds is 9. The molecule has 8 nitrogen and oxygen atoms in total. The Morgan fingerprint density at radius 2 is 2.15 bits per heavy atom. The zero-order chi connectivity index (χ0) is 18.9. The van der Waals surface area contributed by atoms with Crippen molar-refractivity contribution in [2.24, 2.45) is 5.92 Å². The van der Waals surface area contributed by atoms with E-state index in [1.165, 1.54) is 49.3 Å². The van der Waals surface area contributed by atoms with Gasteiger partial charge in [-0.3, -0.25) is 9.59 Å². The van der Waals surface area contributed by atoms with Crippen molar-refractivity contribution in [1.29, 1.82) is 10.7 Å². The second kappa shape index (κ2) is 10.2. The first kappa shape index (κ1) is 20.3. The van der Waals surface area contributed by atoms with Crippen molar-refractivity contribution in [3.05, 3.63) is 0 Å². The number of nitrogens with one attached hydrogen (secondary N) is 2. The van der Waals surface area contributed by atoms with Crippen LogP contribution in [0, 0.1) is 22.7 Å². The number of hydrogen-bond acceptors (Lipinski definition) is 10. The molecule has 1 heterocycles. The van der Waals surface area contributed by atoms with Gasteiger partial charge in [-0.25, -0.2) is 0 Å². The highest BCUT2D eigenvalue weighted by Gasteiger charge is 2.21. The maximum atomic E-state index is 11.7. The van der Waals surface area contributed by atoms with Crippen LogP contribution in [0.2, 0.25) is 0 Å².